The standard InChI is InChI=1S/C22H22FNO2.ClH/c1-25-21-9-5-8-19(15-24-14-17-10-12-20(23)13-11-17)22(21)26-16-18-6-3-2-4-7-18;/h2-13,24H,14-16H2,1H3;1H. The third kappa shape index (κ3) is 5.98. The molecule has 3 rings (SSSR count). The largest absolute Gasteiger partial charge is 0.493 e. The Labute approximate surface area is 165 Å². The van der Waals surface area contributed by atoms with Crippen LogP contribution < -0.4 is 14.8 Å². The summed E-state index contributed by atoms with van der Waals surface area (Å²) in [5.74, 6) is 1.23. The van der Waals surface area contributed by atoms with Crippen molar-refractivity contribution < 1.29 is 13.9 Å². The van der Waals surface area contributed by atoms with Gasteiger partial charge in [0.2, 0.25) is 0 Å². The fourth-order valence-corrected chi connectivity index (χ4v) is 2.70. The van der Waals surface area contributed by atoms with Crippen molar-refractivity contribution in [1.29, 1.82) is 0 Å². The molecule has 0 aromatic heterocycles. The molecule has 5 heteroatoms. The maximum Gasteiger partial charge on any atom is 0.166 e. The molecule has 0 saturated heterocycles. The van der Waals surface area contributed by atoms with Crippen molar-refractivity contribution in [3.63, 3.8) is 0 Å². The molecule has 0 fully saturated rings. The highest BCUT2D eigenvalue weighted by Crippen LogP contribution is 2.31. The minimum Gasteiger partial charge on any atom is -0.493 e. The molecule has 3 aromatic rings. The molecule has 0 aliphatic rings. The molecule has 0 bridgehead atoms. The maximum atomic E-state index is 13.0. The summed E-state index contributed by atoms with van der Waals surface area (Å²) in [7, 11) is 1.64. The lowest BCUT2D eigenvalue weighted by Crippen LogP contribution is -2.14. The first-order chi connectivity index (χ1) is 12.8. The molecule has 3 nitrogen and oxygen atoms in total. The van der Waals surface area contributed by atoms with Gasteiger partial charge in [0.25, 0.3) is 0 Å². The Morgan fingerprint density at radius 1 is 0.815 bits per heavy atom. The van der Waals surface area contributed by atoms with Crippen LogP contribution in [-0.2, 0) is 19.7 Å². The van der Waals surface area contributed by atoms with Crippen LogP contribution in [0.2, 0.25) is 0 Å². The van der Waals surface area contributed by atoms with E-state index < -0.39 is 0 Å². The average Bonchev–Trinajstić information content (AvgIpc) is 2.69. The van der Waals surface area contributed by atoms with Crippen molar-refractivity contribution in [2.75, 3.05) is 7.11 Å². The van der Waals surface area contributed by atoms with Crippen LogP contribution in [0.1, 0.15) is 16.7 Å². The molecule has 1 N–H and O–H groups in total. The molecule has 0 saturated carbocycles. The molecule has 0 heterocycles. The number of methoxy groups -OCH3 is 1. The topological polar surface area (TPSA) is 30.5 Å². The zero-order valence-electron chi connectivity index (χ0n) is 15.2. The van der Waals surface area contributed by atoms with Crippen molar-refractivity contribution in [2.24, 2.45) is 0 Å². The number of benzene rings is 3. The number of hydrogen-bond donors (Lipinski definition) is 1. The van der Waals surface area contributed by atoms with Crippen molar-refractivity contribution in [1.82, 2.24) is 5.32 Å². The van der Waals surface area contributed by atoms with Crippen molar-refractivity contribution in [2.45, 2.75) is 19.7 Å². The Hall–Kier alpha value is -2.56. The monoisotopic (exact) mass is 387 g/mol. The SMILES string of the molecule is COc1cccc(CNCc2ccc(F)cc2)c1OCc1ccccc1.Cl. The molecule has 0 radical (unpaired) electrons. The summed E-state index contributed by atoms with van der Waals surface area (Å²) in [6.07, 6.45) is 0. The van der Waals surface area contributed by atoms with Gasteiger partial charge in [-0.05, 0) is 29.3 Å². The summed E-state index contributed by atoms with van der Waals surface area (Å²) in [6, 6.07) is 22.4. The van der Waals surface area contributed by atoms with Gasteiger partial charge in [0.15, 0.2) is 11.5 Å². The number of ether oxygens (including phenoxy) is 2. The fraction of sp³-hybridized carbons (Fsp3) is 0.182. The van der Waals surface area contributed by atoms with Gasteiger partial charge < -0.3 is 14.8 Å². The van der Waals surface area contributed by atoms with E-state index in [4.69, 9.17) is 9.47 Å². The van der Waals surface area contributed by atoms with Gasteiger partial charge in [0.1, 0.15) is 12.4 Å². The molecule has 0 aliphatic carbocycles. The first-order valence-electron chi connectivity index (χ1n) is 8.54. The Morgan fingerprint density at radius 3 is 2.26 bits per heavy atom. The summed E-state index contributed by atoms with van der Waals surface area (Å²) in [4.78, 5) is 0. The molecule has 27 heavy (non-hydrogen) atoms. The summed E-state index contributed by atoms with van der Waals surface area (Å²) in [5.41, 5.74) is 3.15. The van der Waals surface area contributed by atoms with Gasteiger partial charge in [-0.1, -0.05) is 54.6 Å². The second-order valence-corrected chi connectivity index (χ2v) is 5.95. The molecular formula is C22H23ClFNO2. The van der Waals surface area contributed by atoms with Gasteiger partial charge in [-0.2, -0.15) is 0 Å². The number of halogens is 2. The maximum absolute atomic E-state index is 13.0. The third-order valence-electron chi connectivity index (χ3n) is 4.06. The zero-order chi connectivity index (χ0) is 18.2. The summed E-state index contributed by atoms with van der Waals surface area (Å²) in [5, 5.41) is 3.37. The van der Waals surface area contributed by atoms with Crippen LogP contribution in [0.15, 0.2) is 72.8 Å². The predicted molar refractivity (Wildman–Crippen MR) is 108 cm³/mol. The first-order valence-corrected chi connectivity index (χ1v) is 8.54. The van der Waals surface area contributed by atoms with Crippen LogP contribution in [0, 0.1) is 5.82 Å². The number of hydrogen-bond acceptors (Lipinski definition) is 3. The normalized spacial score (nSPS) is 10.1. The van der Waals surface area contributed by atoms with E-state index in [0.717, 1.165) is 22.4 Å². The highest BCUT2D eigenvalue weighted by atomic mass is 35.5. The fourth-order valence-electron chi connectivity index (χ4n) is 2.70. The van der Waals surface area contributed by atoms with Gasteiger partial charge in [0.05, 0.1) is 7.11 Å². The van der Waals surface area contributed by atoms with Crippen LogP contribution >= 0.6 is 12.4 Å². The molecule has 0 atom stereocenters. The van der Waals surface area contributed by atoms with Gasteiger partial charge in [-0.15, -0.1) is 12.4 Å². The third-order valence-corrected chi connectivity index (χ3v) is 4.06. The summed E-state index contributed by atoms with van der Waals surface area (Å²) in [6.45, 7) is 1.75. The molecule has 3 aromatic carbocycles. The Kier molecular flexibility index (Phi) is 8.11. The highest BCUT2D eigenvalue weighted by molar-refractivity contribution is 5.85. The van der Waals surface area contributed by atoms with Crippen LogP contribution in [0.25, 0.3) is 0 Å². The van der Waals surface area contributed by atoms with Crippen LogP contribution in [0.4, 0.5) is 4.39 Å². The smallest absolute Gasteiger partial charge is 0.166 e. The molecule has 0 amide bonds. The second kappa shape index (κ2) is 10.6. The van der Waals surface area contributed by atoms with E-state index in [9.17, 15) is 4.39 Å². The molecular weight excluding hydrogens is 365 g/mol. The van der Waals surface area contributed by atoms with Crippen molar-refractivity contribution in [3.8, 4) is 11.5 Å². The Morgan fingerprint density at radius 2 is 1.56 bits per heavy atom. The van der Waals surface area contributed by atoms with E-state index in [-0.39, 0.29) is 18.2 Å². The molecule has 0 spiro atoms. The summed E-state index contributed by atoms with van der Waals surface area (Å²) >= 11 is 0. The zero-order valence-corrected chi connectivity index (χ0v) is 16.0. The van der Waals surface area contributed by atoms with Gasteiger partial charge in [-0.3, -0.25) is 0 Å². The Balaban J connectivity index is 0.00000261. The first kappa shape index (κ1) is 20.7. The lowest BCUT2D eigenvalue weighted by Gasteiger charge is -2.16. The van der Waals surface area contributed by atoms with E-state index in [2.05, 4.69) is 5.32 Å². The summed E-state index contributed by atoms with van der Waals surface area (Å²) < 4.78 is 24.5. The lowest BCUT2D eigenvalue weighted by molar-refractivity contribution is 0.280. The predicted octanol–water partition coefficient (Wildman–Crippen LogP) is 5.12. The van der Waals surface area contributed by atoms with E-state index in [1.54, 1.807) is 19.2 Å². The van der Waals surface area contributed by atoms with E-state index in [1.807, 2.05) is 48.5 Å². The number of para-hydroxylation sites is 1. The Bertz CT molecular complexity index is 825. The van der Waals surface area contributed by atoms with Gasteiger partial charge in [-0.25, -0.2) is 4.39 Å². The minimum absolute atomic E-state index is 0. The highest BCUT2D eigenvalue weighted by Gasteiger charge is 2.11. The van der Waals surface area contributed by atoms with Crippen LogP contribution in [0.3, 0.4) is 0 Å². The lowest BCUT2D eigenvalue weighted by atomic mass is 10.1. The van der Waals surface area contributed by atoms with E-state index in [1.165, 1.54) is 12.1 Å². The molecule has 0 unspecified atom stereocenters. The van der Waals surface area contributed by atoms with E-state index >= 15 is 0 Å². The average molecular weight is 388 g/mol. The molecule has 0 aliphatic heterocycles. The number of nitrogens with one attached hydrogen (secondary N) is 1. The minimum atomic E-state index is -0.224. The second-order valence-electron chi connectivity index (χ2n) is 5.95. The van der Waals surface area contributed by atoms with Gasteiger partial charge >= 0.3 is 0 Å². The quantitative estimate of drug-likeness (QED) is 0.581. The van der Waals surface area contributed by atoms with Crippen molar-refractivity contribution >= 4 is 12.4 Å². The van der Waals surface area contributed by atoms with E-state index in [0.29, 0.717) is 25.4 Å². The van der Waals surface area contributed by atoms with Crippen LogP contribution in [0.5, 0.6) is 11.5 Å². The van der Waals surface area contributed by atoms with Crippen molar-refractivity contribution in [3.05, 3.63) is 95.3 Å². The van der Waals surface area contributed by atoms with Gasteiger partial charge in [0, 0.05) is 18.7 Å². The van der Waals surface area contributed by atoms with Crippen LogP contribution in [-0.4, -0.2) is 7.11 Å². The molecule has 142 valence electrons. The number of rotatable bonds is 8.